The van der Waals surface area contributed by atoms with Crippen LogP contribution in [-0.2, 0) is 17.2 Å². The van der Waals surface area contributed by atoms with Crippen LogP contribution >= 0.6 is 11.6 Å². The minimum Gasteiger partial charge on any atom is -0.439 e. The maximum absolute atomic E-state index is 5.70. The van der Waals surface area contributed by atoms with Crippen molar-refractivity contribution in [2.75, 3.05) is 7.11 Å². The molecule has 0 bridgehead atoms. The zero-order chi connectivity index (χ0) is 12.8. The molecule has 4 heteroatoms. The largest absolute Gasteiger partial charge is 0.439 e. The Labute approximate surface area is 111 Å². The standard InChI is InChI=1S/C14H14ClNO2/c1-17-10-11-3-2-4-13(7-11)18-14-6-5-12(8-15)9-16-14/h2-7,9H,8,10H2,1H3. The average Bonchev–Trinajstić information content (AvgIpc) is 2.40. The van der Waals surface area contributed by atoms with Gasteiger partial charge in [-0.25, -0.2) is 4.98 Å². The van der Waals surface area contributed by atoms with Gasteiger partial charge in [0.05, 0.1) is 6.61 Å². The normalized spacial score (nSPS) is 10.3. The lowest BCUT2D eigenvalue weighted by Crippen LogP contribution is -1.91. The molecule has 1 aromatic carbocycles. The maximum Gasteiger partial charge on any atom is 0.219 e. The van der Waals surface area contributed by atoms with E-state index in [1.165, 1.54) is 0 Å². The number of hydrogen-bond donors (Lipinski definition) is 0. The number of ether oxygens (including phenoxy) is 2. The number of hydrogen-bond acceptors (Lipinski definition) is 3. The lowest BCUT2D eigenvalue weighted by Gasteiger charge is -2.06. The fraction of sp³-hybridized carbons (Fsp3) is 0.214. The van der Waals surface area contributed by atoms with Gasteiger partial charge in [-0.1, -0.05) is 18.2 Å². The van der Waals surface area contributed by atoms with Crippen molar-refractivity contribution in [3.63, 3.8) is 0 Å². The highest BCUT2D eigenvalue weighted by Crippen LogP contribution is 2.21. The number of benzene rings is 1. The molecular weight excluding hydrogens is 250 g/mol. The molecule has 0 aliphatic rings. The van der Waals surface area contributed by atoms with Gasteiger partial charge in [-0.05, 0) is 23.3 Å². The van der Waals surface area contributed by atoms with E-state index in [1.807, 2.05) is 30.3 Å². The number of nitrogens with zero attached hydrogens (tertiary/aromatic N) is 1. The summed E-state index contributed by atoms with van der Waals surface area (Å²) in [7, 11) is 1.67. The number of halogens is 1. The van der Waals surface area contributed by atoms with Crippen LogP contribution in [-0.4, -0.2) is 12.1 Å². The molecule has 0 radical (unpaired) electrons. The number of aromatic nitrogens is 1. The SMILES string of the molecule is COCc1cccc(Oc2ccc(CCl)cn2)c1. The molecule has 0 atom stereocenters. The highest BCUT2D eigenvalue weighted by molar-refractivity contribution is 6.17. The van der Waals surface area contributed by atoms with Crippen molar-refractivity contribution in [1.82, 2.24) is 4.98 Å². The van der Waals surface area contributed by atoms with E-state index < -0.39 is 0 Å². The Balaban J connectivity index is 2.09. The molecule has 0 fully saturated rings. The van der Waals surface area contributed by atoms with Crippen molar-refractivity contribution in [1.29, 1.82) is 0 Å². The first kappa shape index (κ1) is 12.9. The number of methoxy groups -OCH3 is 1. The van der Waals surface area contributed by atoms with Crippen molar-refractivity contribution < 1.29 is 9.47 Å². The average molecular weight is 264 g/mol. The smallest absolute Gasteiger partial charge is 0.219 e. The van der Waals surface area contributed by atoms with E-state index in [2.05, 4.69) is 4.98 Å². The van der Waals surface area contributed by atoms with Crippen molar-refractivity contribution in [3.8, 4) is 11.6 Å². The zero-order valence-corrected chi connectivity index (χ0v) is 10.9. The Kier molecular flexibility index (Phi) is 4.56. The fourth-order valence-corrected chi connectivity index (χ4v) is 1.69. The van der Waals surface area contributed by atoms with Gasteiger partial charge >= 0.3 is 0 Å². The molecule has 0 saturated heterocycles. The van der Waals surface area contributed by atoms with Crippen LogP contribution in [0, 0.1) is 0 Å². The summed E-state index contributed by atoms with van der Waals surface area (Å²) in [5.41, 5.74) is 2.03. The van der Waals surface area contributed by atoms with Crippen LogP contribution in [0.15, 0.2) is 42.6 Å². The van der Waals surface area contributed by atoms with Crippen LogP contribution in [0.5, 0.6) is 11.6 Å². The van der Waals surface area contributed by atoms with Crippen molar-refractivity contribution in [2.24, 2.45) is 0 Å². The minimum atomic E-state index is 0.455. The molecule has 0 saturated carbocycles. The Hall–Kier alpha value is -1.58. The van der Waals surface area contributed by atoms with Gasteiger partial charge in [-0.15, -0.1) is 11.6 Å². The molecule has 94 valence electrons. The van der Waals surface area contributed by atoms with E-state index >= 15 is 0 Å². The fourth-order valence-electron chi connectivity index (χ4n) is 1.54. The summed E-state index contributed by atoms with van der Waals surface area (Å²) in [5.74, 6) is 1.76. The van der Waals surface area contributed by atoms with Crippen molar-refractivity contribution in [3.05, 3.63) is 53.7 Å². The van der Waals surface area contributed by atoms with Gasteiger partial charge in [0, 0.05) is 25.3 Å². The van der Waals surface area contributed by atoms with Crippen LogP contribution in [0.25, 0.3) is 0 Å². The topological polar surface area (TPSA) is 31.4 Å². The van der Waals surface area contributed by atoms with Crippen LogP contribution in [0.3, 0.4) is 0 Å². The van der Waals surface area contributed by atoms with Crippen LogP contribution < -0.4 is 4.74 Å². The van der Waals surface area contributed by atoms with Gasteiger partial charge in [0.25, 0.3) is 0 Å². The lowest BCUT2D eigenvalue weighted by atomic mass is 10.2. The van der Waals surface area contributed by atoms with Crippen LogP contribution in [0.1, 0.15) is 11.1 Å². The molecule has 2 rings (SSSR count). The third-order valence-corrected chi connectivity index (χ3v) is 2.69. The summed E-state index contributed by atoms with van der Waals surface area (Å²) in [5, 5.41) is 0. The number of pyridine rings is 1. The summed E-state index contributed by atoms with van der Waals surface area (Å²) >= 11 is 5.70. The first-order chi connectivity index (χ1) is 8.81. The van der Waals surface area contributed by atoms with Crippen LogP contribution in [0.4, 0.5) is 0 Å². The number of alkyl halides is 1. The first-order valence-electron chi connectivity index (χ1n) is 5.58. The lowest BCUT2D eigenvalue weighted by molar-refractivity contribution is 0.184. The predicted octanol–water partition coefficient (Wildman–Crippen LogP) is 3.76. The summed E-state index contributed by atoms with van der Waals surface area (Å²) in [6.07, 6.45) is 1.71. The second-order valence-electron chi connectivity index (χ2n) is 3.82. The van der Waals surface area contributed by atoms with Crippen LogP contribution in [0.2, 0.25) is 0 Å². The van der Waals surface area contributed by atoms with Gasteiger partial charge in [0.2, 0.25) is 5.88 Å². The van der Waals surface area contributed by atoms with E-state index in [9.17, 15) is 0 Å². The molecule has 0 unspecified atom stereocenters. The summed E-state index contributed by atoms with van der Waals surface area (Å²) in [6, 6.07) is 11.4. The van der Waals surface area contributed by atoms with E-state index in [4.69, 9.17) is 21.1 Å². The quantitative estimate of drug-likeness (QED) is 0.770. The Morgan fingerprint density at radius 1 is 1.17 bits per heavy atom. The molecule has 1 heterocycles. The van der Waals surface area contributed by atoms with Gasteiger partial charge < -0.3 is 9.47 Å². The molecule has 3 nitrogen and oxygen atoms in total. The van der Waals surface area contributed by atoms with Gasteiger partial charge in [0.1, 0.15) is 5.75 Å². The highest BCUT2D eigenvalue weighted by Gasteiger charge is 2.00. The Morgan fingerprint density at radius 2 is 2.06 bits per heavy atom. The molecule has 18 heavy (non-hydrogen) atoms. The van der Waals surface area contributed by atoms with Gasteiger partial charge in [0.15, 0.2) is 0 Å². The van der Waals surface area contributed by atoms with E-state index in [0.717, 1.165) is 16.9 Å². The van der Waals surface area contributed by atoms with E-state index in [0.29, 0.717) is 18.4 Å². The molecule has 1 aromatic heterocycles. The number of rotatable bonds is 5. The Morgan fingerprint density at radius 3 is 2.72 bits per heavy atom. The summed E-state index contributed by atoms with van der Waals surface area (Å²) in [4.78, 5) is 4.18. The molecule has 0 amide bonds. The first-order valence-corrected chi connectivity index (χ1v) is 6.12. The monoisotopic (exact) mass is 263 g/mol. The minimum absolute atomic E-state index is 0.455. The third-order valence-electron chi connectivity index (χ3n) is 2.38. The molecule has 0 spiro atoms. The molecule has 2 aromatic rings. The van der Waals surface area contributed by atoms with Crippen molar-refractivity contribution >= 4 is 11.6 Å². The summed E-state index contributed by atoms with van der Waals surface area (Å²) < 4.78 is 10.7. The van der Waals surface area contributed by atoms with Gasteiger partial charge in [-0.2, -0.15) is 0 Å². The van der Waals surface area contributed by atoms with Gasteiger partial charge in [-0.3, -0.25) is 0 Å². The molecule has 0 aliphatic heterocycles. The highest BCUT2D eigenvalue weighted by atomic mass is 35.5. The predicted molar refractivity (Wildman–Crippen MR) is 71.0 cm³/mol. The second-order valence-corrected chi connectivity index (χ2v) is 4.09. The maximum atomic E-state index is 5.70. The molecule has 0 aliphatic carbocycles. The van der Waals surface area contributed by atoms with E-state index in [1.54, 1.807) is 19.4 Å². The second kappa shape index (κ2) is 6.38. The van der Waals surface area contributed by atoms with Crippen molar-refractivity contribution in [2.45, 2.75) is 12.5 Å². The third kappa shape index (κ3) is 3.45. The molecular formula is C14H14ClNO2. The summed E-state index contributed by atoms with van der Waals surface area (Å²) in [6.45, 7) is 0.565. The van der Waals surface area contributed by atoms with E-state index in [-0.39, 0.29) is 0 Å². The zero-order valence-electron chi connectivity index (χ0n) is 10.1. The molecule has 0 N–H and O–H groups in total. The Bertz CT molecular complexity index is 499.